The molecule has 0 radical (unpaired) electrons. The lowest BCUT2D eigenvalue weighted by Crippen LogP contribution is -2.44. The Balaban J connectivity index is 1.78. The van der Waals surface area contributed by atoms with E-state index in [1.54, 1.807) is 0 Å². The van der Waals surface area contributed by atoms with Gasteiger partial charge in [-0.2, -0.15) is 0 Å². The van der Waals surface area contributed by atoms with Crippen LogP contribution in [-0.2, 0) is 10.3 Å². The zero-order valence-electron chi connectivity index (χ0n) is 15.9. The number of hydrogen-bond donors (Lipinski definition) is 0. The minimum Gasteiger partial charge on any atom is -0.470 e. The number of carbonyl (C=O) groups excluding carboxylic acids is 1. The van der Waals surface area contributed by atoms with E-state index in [4.69, 9.17) is 16.3 Å². The van der Waals surface area contributed by atoms with Crippen LogP contribution in [0.4, 0.5) is 5.69 Å². The fourth-order valence-electron chi connectivity index (χ4n) is 4.22. The van der Waals surface area contributed by atoms with E-state index in [2.05, 4.69) is 6.58 Å². The Kier molecular flexibility index (Phi) is 3.90. The van der Waals surface area contributed by atoms with E-state index in [0.29, 0.717) is 27.6 Å². The zero-order chi connectivity index (χ0) is 20.2. The second kappa shape index (κ2) is 6.36. The third-order valence-corrected chi connectivity index (χ3v) is 5.95. The lowest BCUT2D eigenvalue weighted by atomic mass is 9.75. The highest BCUT2D eigenvalue weighted by Crippen LogP contribution is 2.62. The molecule has 142 valence electrons. The van der Waals surface area contributed by atoms with Gasteiger partial charge in [0.2, 0.25) is 5.60 Å². The summed E-state index contributed by atoms with van der Waals surface area (Å²) in [6.45, 7) is 4.28. The van der Waals surface area contributed by atoms with Crippen molar-refractivity contribution in [2.45, 2.75) is 5.60 Å². The van der Waals surface area contributed by atoms with Gasteiger partial charge in [-0.15, -0.1) is 0 Å². The maximum atomic E-state index is 13.7. The third kappa shape index (κ3) is 2.34. The van der Waals surface area contributed by atoms with Gasteiger partial charge in [0.1, 0.15) is 5.76 Å². The molecule has 2 heterocycles. The summed E-state index contributed by atoms with van der Waals surface area (Å²) in [6.07, 6.45) is 0. The second-order valence-electron chi connectivity index (χ2n) is 7.19. The maximum Gasteiger partial charge on any atom is 0.208 e. The van der Waals surface area contributed by atoms with Gasteiger partial charge < -0.3 is 9.64 Å². The molecule has 0 amide bonds. The van der Waals surface area contributed by atoms with Crippen molar-refractivity contribution in [3.63, 3.8) is 0 Å². The summed E-state index contributed by atoms with van der Waals surface area (Å²) in [6, 6.07) is 24.6. The maximum absolute atomic E-state index is 13.7. The average molecular weight is 400 g/mol. The molecule has 4 heteroatoms. The molecule has 0 fully saturated rings. The van der Waals surface area contributed by atoms with E-state index in [0.717, 1.165) is 16.8 Å². The predicted molar refractivity (Wildman–Crippen MR) is 116 cm³/mol. The standard InChI is InChI=1S/C25H18ClNO2/c1-16-25(19-14-9-15-20(26)22(19)27(16)2)21(23(28)17-10-5-3-6-11-17)24(29-25)18-12-7-4-8-13-18/h3-15H,1H2,2H3/t25-/m1/s1. The molecule has 2 aliphatic heterocycles. The first-order valence-corrected chi connectivity index (χ1v) is 9.74. The van der Waals surface area contributed by atoms with Crippen molar-refractivity contribution < 1.29 is 9.53 Å². The van der Waals surface area contributed by atoms with Gasteiger partial charge in [-0.25, -0.2) is 0 Å². The van der Waals surface area contributed by atoms with Crippen LogP contribution in [0, 0.1) is 0 Å². The van der Waals surface area contributed by atoms with E-state index < -0.39 is 5.60 Å². The van der Waals surface area contributed by atoms with Crippen molar-refractivity contribution in [2.24, 2.45) is 0 Å². The summed E-state index contributed by atoms with van der Waals surface area (Å²) < 4.78 is 6.45. The highest BCUT2D eigenvalue weighted by atomic mass is 35.5. The molecule has 5 rings (SSSR count). The van der Waals surface area contributed by atoms with Gasteiger partial charge in [-0.3, -0.25) is 4.79 Å². The first kappa shape index (κ1) is 17.8. The number of benzene rings is 3. The van der Waals surface area contributed by atoms with E-state index >= 15 is 0 Å². The van der Waals surface area contributed by atoms with Crippen LogP contribution in [0.15, 0.2) is 96.7 Å². The number of fused-ring (bicyclic) bond motifs is 2. The lowest BCUT2D eigenvalue weighted by Gasteiger charge is -2.44. The largest absolute Gasteiger partial charge is 0.470 e. The van der Waals surface area contributed by atoms with Gasteiger partial charge in [-0.05, 0) is 6.07 Å². The second-order valence-corrected chi connectivity index (χ2v) is 7.60. The van der Waals surface area contributed by atoms with Crippen molar-refractivity contribution in [3.8, 4) is 0 Å². The van der Waals surface area contributed by atoms with Crippen LogP contribution in [0.25, 0.3) is 5.76 Å². The number of rotatable bonds is 3. The molecular formula is C25H18ClNO2. The summed E-state index contributed by atoms with van der Waals surface area (Å²) in [5.41, 5.74) is 3.38. The minimum atomic E-state index is -1.03. The Bertz CT molecular complexity index is 1180. The molecule has 0 aliphatic carbocycles. The summed E-state index contributed by atoms with van der Waals surface area (Å²) in [5, 5.41) is 0.603. The molecule has 0 N–H and O–H groups in total. The predicted octanol–water partition coefficient (Wildman–Crippen LogP) is 5.82. The molecular weight excluding hydrogens is 382 g/mol. The van der Waals surface area contributed by atoms with E-state index in [1.165, 1.54) is 0 Å². The SMILES string of the molecule is C=C1N(C)c2c(Cl)cccc2[C@]12OC(c1ccccc1)=C2C(=O)c1ccccc1. The summed E-state index contributed by atoms with van der Waals surface area (Å²) in [5.74, 6) is 0.514. The van der Waals surface area contributed by atoms with Crippen LogP contribution < -0.4 is 4.90 Å². The van der Waals surface area contributed by atoms with Gasteiger partial charge in [0, 0.05) is 23.7 Å². The van der Waals surface area contributed by atoms with Crippen LogP contribution in [0.5, 0.6) is 0 Å². The number of likely N-dealkylation sites (N-methyl/N-ethyl adjacent to an activating group) is 1. The molecule has 3 nitrogen and oxygen atoms in total. The van der Waals surface area contributed by atoms with Gasteiger partial charge >= 0.3 is 0 Å². The van der Waals surface area contributed by atoms with Crippen LogP contribution in [-0.4, -0.2) is 12.8 Å². The van der Waals surface area contributed by atoms with Crippen molar-refractivity contribution in [1.29, 1.82) is 0 Å². The first-order chi connectivity index (χ1) is 14.1. The van der Waals surface area contributed by atoms with Crippen LogP contribution in [0.2, 0.25) is 5.02 Å². The molecule has 0 saturated heterocycles. The Hall–Kier alpha value is -3.30. The van der Waals surface area contributed by atoms with Crippen molar-refractivity contribution in [1.82, 2.24) is 0 Å². The smallest absolute Gasteiger partial charge is 0.208 e. The Labute approximate surface area is 174 Å². The molecule has 2 aliphatic rings. The topological polar surface area (TPSA) is 29.5 Å². The molecule has 1 atom stereocenters. The number of Topliss-reactive ketones (excluding diaryl/α,β-unsaturated/α-hetero) is 1. The number of ether oxygens (including phenoxy) is 1. The fraction of sp³-hybridized carbons (Fsp3) is 0.0800. The number of anilines is 1. The van der Waals surface area contributed by atoms with Crippen molar-refractivity contribution >= 4 is 28.8 Å². The van der Waals surface area contributed by atoms with E-state index in [9.17, 15) is 4.79 Å². The number of nitrogens with zero attached hydrogens (tertiary/aromatic N) is 1. The molecule has 0 unspecified atom stereocenters. The number of carbonyl (C=O) groups is 1. The number of para-hydroxylation sites is 1. The summed E-state index contributed by atoms with van der Waals surface area (Å²) in [7, 11) is 1.90. The summed E-state index contributed by atoms with van der Waals surface area (Å²) >= 11 is 6.50. The zero-order valence-corrected chi connectivity index (χ0v) is 16.6. The van der Waals surface area contributed by atoms with E-state index in [1.807, 2.05) is 90.8 Å². The van der Waals surface area contributed by atoms with Gasteiger partial charge in [0.05, 0.1) is 22.0 Å². The molecule has 3 aromatic carbocycles. The molecule has 29 heavy (non-hydrogen) atoms. The van der Waals surface area contributed by atoms with Crippen LogP contribution in [0.1, 0.15) is 21.5 Å². The number of ketones is 1. The highest BCUT2D eigenvalue weighted by Gasteiger charge is 2.60. The molecule has 0 aromatic heterocycles. The molecule has 3 aromatic rings. The Morgan fingerprint density at radius 3 is 2.31 bits per heavy atom. The normalized spacial score (nSPS) is 19.8. The van der Waals surface area contributed by atoms with Gasteiger partial charge in [-0.1, -0.05) is 91.0 Å². The lowest BCUT2D eigenvalue weighted by molar-refractivity contribution is 0.0568. The quantitative estimate of drug-likeness (QED) is 0.519. The van der Waals surface area contributed by atoms with Crippen LogP contribution in [0.3, 0.4) is 0 Å². The molecule has 0 bridgehead atoms. The average Bonchev–Trinajstić information content (AvgIpc) is 2.97. The van der Waals surface area contributed by atoms with Gasteiger partial charge in [0.15, 0.2) is 5.78 Å². The number of halogens is 1. The highest BCUT2D eigenvalue weighted by molar-refractivity contribution is 6.34. The first-order valence-electron chi connectivity index (χ1n) is 9.36. The fourth-order valence-corrected chi connectivity index (χ4v) is 4.52. The Morgan fingerprint density at radius 2 is 1.62 bits per heavy atom. The summed E-state index contributed by atoms with van der Waals surface area (Å²) in [4.78, 5) is 15.6. The Morgan fingerprint density at radius 1 is 0.966 bits per heavy atom. The van der Waals surface area contributed by atoms with E-state index in [-0.39, 0.29) is 5.78 Å². The minimum absolute atomic E-state index is 0.0712. The monoisotopic (exact) mass is 399 g/mol. The van der Waals surface area contributed by atoms with Crippen molar-refractivity contribution in [2.75, 3.05) is 11.9 Å². The van der Waals surface area contributed by atoms with Gasteiger partial charge in [0.25, 0.3) is 0 Å². The molecule has 1 spiro atoms. The third-order valence-electron chi connectivity index (χ3n) is 5.65. The van der Waals surface area contributed by atoms with Crippen molar-refractivity contribution in [3.05, 3.63) is 118 Å². The molecule has 0 saturated carbocycles. The number of hydrogen-bond acceptors (Lipinski definition) is 3. The van der Waals surface area contributed by atoms with Crippen LogP contribution >= 0.6 is 11.6 Å².